The van der Waals surface area contributed by atoms with Crippen molar-refractivity contribution in [3.63, 3.8) is 0 Å². The molecule has 0 atom stereocenters. The maximum Gasteiger partial charge on any atom is 0.455 e. The first-order valence-corrected chi connectivity index (χ1v) is 6.11. The summed E-state index contributed by atoms with van der Waals surface area (Å²) in [7, 11) is 0. The number of alkyl halides is 4. The highest BCUT2D eigenvalue weighted by atomic mass is 79.9. The molecule has 0 bridgehead atoms. The highest BCUT2D eigenvalue weighted by Gasteiger charge is 2.40. The second kappa shape index (κ2) is 6.08. The Morgan fingerprint density at radius 2 is 2.06 bits per heavy atom. The van der Waals surface area contributed by atoms with Gasteiger partial charge in [-0.3, -0.25) is 4.79 Å². The summed E-state index contributed by atoms with van der Waals surface area (Å²) in [5.41, 5.74) is -0.782. The fourth-order valence-corrected chi connectivity index (χ4v) is 1.42. The van der Waals surface area contributed by atoms with Gasteiger partial charge in [-0.05, 0) is 18.6 Å². The minimum atomic E-state index is -5.00. The van der Waals surface area contributed by atoms with Gasteiger partial charge in [0.1, 0.15) is 11.5 Å². The summed E-state index contributed by atoms with van der Waals surface area (Å²) >= 11 is 3.19. The Morgan fingerprint density at radius 1 is 1.39 bits per heavy atom. The minimum absolute atomic E-state index is 0.215. The van der Waals surface area contributed by atoms with Crippen LogP contribution in [0.25, 0.3) is 0 Å². The minimum Gasteiger partial charge on any atom is -0.507 e. The van der Waals surface area contributed by atoms with Crippen molar-refractivity contribution in [1.82, 2.24) is 0 Å². The third-order valence-corrected chi connectivity index (χ3v) is 2.58. The molecule has 100 valence electrons. The molecule has 0 amide bonds. The number of phenolic OH excluding ortho intramolecular Hbond substituents is 1. The molecule has 1 aromatic rings. The SMILES string of the molecule is O=C(c1ccc(OCCCBr)cc1O)C(F)(F)F. The summed E-state index contributed by atoms with van der Waals surface area (Å²) in [6.45, 7) is 0.358. The molecule has 1 aromatic carbocycles. The standard InChI is InChI=1S/C11H10BrF3O3/c12-4-1-5-18-7-2-3-8(9(16)6-7)10(17)11(13,14)15/h2-3,6,16H,1,4-5H2. The predicted octanol–water partition coefficient (Wildman–Crippen LogP) is 3.30. The molecule has 0 unspecified atom stereocenters. The number of benzene rings is 1. The van der Waals surface area contributed by atoms with Gasteiger partial charge >= 0.3 is 6.18 Å². The average Bonchev–Trinajstić information content (AvgIpc) is 2.27. The summed E-state index contributed by atoms with van der Waals surface area (Å²) < 4.78 is 41.7. The van der Waals surface area contributed by atoms with Crippen LogP contribution in [0.2, 0.25) is 0 Å². The van der Waals surface area contributed by atoms with E-state index in [9.17, 15) is 23.1 Å². The number of phenols is 1. The average molecular weight is 327 g/mol. The summed E-state index contributed by atoms with van der Waals surface area (Å²) in [5.74, 6) is -2.60. The van der Waals surface area contributed by atoms with Crippen molar-refractivity contribution in [3.05, 3.63) is 23.8 Å². The molecule has 18 heavy (non-hydrogen) atoms. The van der Waals surface area contributed by atoms with E-state index in [4.69, 9.17) is 4.74 Å². The molecule has 0 fully saturated rings. The van der Waals surface area contributed by atoms with E-state index in [2.05, 4.69) is 15.9 Å². The number of hydrogen-bond donors (Lipinski definition) is 1. The van der Waals surface area contributed by atoms with E-state index >= 15 is 0 Å². The monoisotopic (exact) mass is 326 g/mol. The molecular formula is C11H10BrF3O3. The zero-order valence-corrected chi connectivity index (χ0v) is 10.7. The van der Waals surface area contributed by atoms with E-state index < -0.39 is 23.3 Å². The number of aromatic hydroxyl groups is 1. The number of halogens is 4. The Balaban J connectivity index is 2.83. The fourth-order valence-electron chi connectivity index (χ4n) is 1.19. The normalized spacial score (nSPS) is 11.3. The number of carbonyl (C=O) groups is 1. The van der Waals surface area contributed by atoms with Crippen LogP contribution in [-0.4, -0.2) is 29.0 Å². The Kier molecular flexibility index (Phi) is 5.01. The lowest BCUT2D eigenvalue weighted by Gasteiger charge is -2.09. The number of hydrogen-bond acceptors (Lipinski definition) is 3. The molecule has 0 radical (unpaired) electrons. The molecule has 7 heteroatoms. The zero-order chi connectivity index (χ0) is 13.8. The highest BCUT2D eigenvalue weighted by Crippen LogP contribution is 2.29. The van der Waals surface area contributed by atoms with Gasteiger partial charge in [0.25, 0.3) is 5.78 Å². The van der Waals surface area contributed by atoms with Crippen LogP contribution in [0.1, 0.15) is 16.8 Å². The molecule has 0 saturated carbocycles. The van der Waals surface area contributed by atoms with Crippen molar-refractivity contribution in [3.8, 4) is 11.5 Å². The topological polar surface area (TPSA) is 46.5 Å². The maximum absolute atomic E-state index is 12.2. The number of ether oxygens (including phenoxy) is 1. The number of Topliss-reactive ketones (excluding diaryl/α,β-unsaturated/α-hetero) is 1. The maximum atomic E-state index is 12.2. The molecule has 0 aliphatic heterocycles. The van der Waals surface area contributed by atoms with Gasteiger partial charge in [0, 0.05) is 11.4 Å². The van der Waals surface area contributed by atoms with Gasteiger partial charge in [0.15, 0.2) is 0 Å². The van der Waals surface area contributed by atoms with Crippen molar-refractivity contribution >= 4 is 21.7 Å². The van der Waals surface area contributed by atoms with Gasteiger partial charge in [-0.15, -0.1) is 0 Å². The summed E-state index contributed by atoms with van der Waals surface area (Å²) in [6, 6.07) is 3.11. The first kappa shape index (κ1) is 14.8. The number of carbonyl (C=O) groups excluding carboxylic acids is 1. The van der Waals surface area contributed by atoms with Crippen LogP contribution in [0.5, 0.6) is 11.5 Å². The number of rotatable bonds is 5. The van der Waals surface area contributed by atoms with Crippen LogP contribution < -0.4 is 4.74 Å². The van der Waals surface area contributed by atoms with Crippen LogP contribution in [-0.2, 0) is 0 Å². The van der Waals surface area contributed by atoms with Crippen LogP contribution in [0, 0.1) is 0 Å². The molecule has 0 aliphatic rings. The lowest BCUT2D eigenvalue weighted by molar-refractivity contribution is -0.0886. The van der Waals surface area contributed by atoms with Gasteiger partial charge in [0.05, 0.1) is 12.2 Å². The summed E-state index contributed by atoms with van der Waals surface area (Å²) in [4.78, 5) is 10.9. The summed E-state index contributed by atoms with van der Waals surface area (Å²) in [5, 5.41) is 10.1. The predicted molar refractivity (Wildman–Crippen MR) is 62.4 cm³/mol. The lowest BCUT2D eigenvalue weighted by atomic mass is 10.1. The van der Waals surface area contributed by atoms with E-state index in [-0.39, 0.29) is 5.75 Å². The van der Waals surface area contributed by atoms with Crippen LogP contribution in [0.15, 0.2) is 18.2 Å². The molecule has 0 heterocycles. The Labute approximate surface area is 110 Å². The lowest BCUT2D eigenvalue weighted by Crippen LogP contribution is -2.22. The number of ketones is 1. The van der Waals surface area contributed by atoms with E-state index in [1.54, 1.807) is 0 Å². The summed E-state index contributed by atoms with van der Waals surface area (Å²) in [6.07, 6.45) is -4.29. The fraction of sp³-hybridized carbons (Fsp3) is 0.364. The molecule has 1 N–H and O–H groups in total. The highest BCUT2D eigenvalue weighted by molar-refractivity contribution is 9.09. The molecule has 0 saturated heterocycles. The van der Waals surface area contributed by atoms with Crippen LogP contribution in [0.3, 0.4) is 0 Å². The molecule has 0 aromatic heterocycles. The van der Waals surface area contributed by atoms with Gasteiger partial charge in [-0.25, -0.2) is 0 Å². The van der Waals surface area contributed by atoms with E-state index in [1.165, 1.54) is 6.07 Å². The van der Waals surface area contributed by atoms with Crippen LogP contribution >= 0.6 is 15.9 Å². The van der Waals surface area contributed by atoms with E-state index in [0.29, 0.717) is 13.0 Å². The van der Waals surface area contributed by atoms with Crippen molar-refractivity contribution < 1.29 is 27.8 Å². The zero-order valence-electron chi connectivity index (χ0n) is 9.13. The van der Waals surface area contributed by atoms with Gasteiger partial charge < -0.3 is 9.84 Å². The second-order valence-electron chi connectivity index (χ2n) is 3.40. The van der Waals surface area contributed by atoms with E-state index in [0.717, 1.165) is 17.5 Å². The van der Waals surface area contributed by atoms with E-state index in [1.807, 2.05) is 0 Å². The smallest absolute Gasteiger partial charge is 0.455 e. The van der Waals surface area contributed by atoms with Crippen molar-refractivity contribution in [1.29, 1.82) is 0 Å². The van der Waals surface area contributed by atoms with Gasteiger partial charge in [-0.1, -0.05) is 15.9 Å². The quantitative estimate of drug-likeness (QED) is 0.513. The van der Waals surface area contributed by atoms with Crippen molar-refractivity contribution in [2.45, 2.75) is 12.6 Å². The Hall–Kier alpha value is -1.24. The molecule has 3 nitrogen and oxygen atoms in total. The van der Waals surface area contributed by atoms with Gasteiger partial charge in [-0.2, -0.15) is 13.2 Å². The molecule has 0 spiro atoms. The second-order valence-corrected chi connectivity index (χ2v) is 4.19. The largest absolute Gasteiger partial charge is 0.507 e. The molecule has 1 rings (SSSR count). The first-order valence-electron chi connectivity index (χ1n) is 4.99. The Bertz CT molecular complexity index is 432. The van der Waals surface area contributed by atoms with Crippen LogP contribution in [0.4, 0.5) is 13.2 Å². The molecule has 0 aliphatic carbocycles. The third-order valence-electron chi connectivity index (χ3n) is 2.02. The molecular weight excluding hydrogens is 317 g/mol. The third kappa shape index (κ3) is 3.90. The van der Waals surface area contributed by atoms with Crippen molar-refractivity contribution in [2.24, 2.45) is 0 Å². The van der Waals surface area contributed by atoms with Crippen molar-refractivity contribution in [2.75, 3.05) is 11.9 Å². The first-order chi connectivity index (χ1) is 8.36. The Morgan fingerprint density at radius 3 is 2.56 bits per heavy atom. The van der Waals surface area contributed by atoms with Gasteiger partial charge in [0.2, 0.25) is 0 Å².